The summed E-state index contributed by atoms with van der Waals surface area (Å²) >= 11 is 0. The van der Waals surface area contributed by atoms with Crippen LogP contribution in [-0.4, -0.2) is 30.6 Å². The van der Waals surface area contributed by atoms with Crippen molar-refractivity contribution in [2.24, 2.45) is 0 Å². The molecule has 0 bridgehead atoms. The molecule has 120 valence electrons. The van der Waals surface area contributed by atoms with E-state index in [9.17, 15) is 9.59 Å². The zero-order valence-corrected chi connectivity index (χ0v) is 13.0. The van der Waals surface area contributed by atoms with Gasteiger partial charge in [-0.05, 0) is 36.8 Å². The predicted octanol–water partition coefficient (Wildman–Crippen LogP) is 2.20. The predicted molar refractivity (Wildman–Crippen MR) is 84.4 cm³/mol. The lowest BCUT2D eigenvalue weighted by Crippen LogP contribution is -2.23. The molecule has 0 saturated heterocycles. The molecule has 0 spiro atoms. The minimum absolute atomic E-state index is 0.265. The van der Waals surface area contributed by atoms with Crippen molar-refractivity contribution in [3.63, 3.8) is 0 Å². The number of amides is 1. The summed E-state index contributed by atoms with van der Waals surface area (Å²) < 4.78 is 9.98. The first-order valence-corrected chi connectivity index (χ1v) is 7.19. The maximum absolute atomic E-state index is 12.2. The number of hydrogen-bond acceptors (Lipinski definition) is 5. The Labute approximate surface area is 134 Å². The summed E-state index contributed by atoms with van der Waals surface area (Å²) in [5.74, 6) is -0.343. The van der Waals surface area contributed by atoms with Crippen molar-refractivity contribution in [2.75, 3.05) is 13.7 Å². The highest BCUT2D eigenvalue weighted by atomic mass is 16.5. The van der Waals surface area contributed by atoms with Gasteiger partial charge >= 0.3 is 5.97 Å². The van der Waals surface area contributed by atoms with E-state index in [1.54, 1.807) is 42.6 Å². The number of benzene rings is 1. The fraction of sp³-hybridized carbons (Fsp3) is 0.235. The molecule has 0 radical (unpaired) electrons. The quantitative estimate of drug-likeness (QED) is 0.827. The van der Waals surface area contributed by atoms with Crippen LogP contribution in [0.1, 0.15) is 33.2 Å². The monoisotopic (exact) mass is 314 g/mol. The summed E-state index contributed by atoms with van der Waals surface area (Å²) in [6, 6.07) is 10.2. The maximum atomic E-state index is 12.2. The third-order valence-electron chi connectivity index (χ3n) is 3.12. The SMILES string of the molecule is CCOc1ncccc1C(=O)NCc1ccc(C(=O)OC)cc1. The van der Waals surface area contributed by atoms with E-state index < -0.39 is 5.97 Å². The summed E-state index contributed by atoms with van der Waals surface area (Å²) in [4.78, 5) is 27.6. The molecule has 23 heavy (non-hydrogen) atoms. The third kappa shape index (κ3) is 4.29. The number of carbonyl (C=O) groups is 2. The van der Waals surface area contributed by atoms with Crippen molar-refractivity contribution >= 4 is 11.9 Å². The fourth-order valence-electron chi connectivity index (χ4n) is 1.97. The smallest absolute Gasteiger partial charge is 0.337 e. The van der Waals surface area contributed by atoms with Gasteiger partial charge in [0.2, 0.25) is 5.88 Å². The minimum atomic E-state index is -0.391. The van der Waals surface area contributed by atoms with Gasteiger partial charge in [-0.2, -0.15) is 0 Å². The molecule has 0 atom stereocenters. The van der Waals surface area contributed by atoms with Gasteiger partial charge in [-0.15, -0.1) is 0 Å². The van der Waals surface area contributed by atoms with Crippen LogP contribution in [0.3, 0.4) is 0 Å². The number of esters is 1. The molecule has 0 aliphatic heterocycles. The molecule has 0 aliphatic carbocycles. The zero-order chi connectivity index (χ0) is 16.7. The van der Waals surface area contributed by atoms with E-state index in [1.165, 1.54) is 7.11 Å². The molecule has 1 heterocycles. The van der Waals surface area contributed by atoms with Crippen molar-refractivity contribution < 1.29 is 19.1 Å². The van der Waals surface area contributed by atoms with Gasteiger partial charge in [0.1, 0.15) is 5.56 Å². The Morgan fingerprint density at radius 1 is 1.17 bits per heavy atom. The van der Waals surface area contributed by atoms with Gasteiger partial charge in [-0.1, -0.05) is 12.1 Å². The highest BCUT2D eigenvalue weighted by Gasteiger charge is 2.13. The van der Waals surface area contributed by atoms with E-state index in [2.05, 4.69) is 15.0 Å². The Hall–Kier alpha value is -2.89. The van der Waals surface area contributed by atoms with E-state index in [0.29, 0.717) is 30.2 Å². The molecule has 0 fully saturated rings. The Balaban J connectivity index is 2.00. The Morgan fingerprint density at radius 3 is 2.57 bits per heavy atom. The van der Waals surface area contributed by atoms with Gasteiger partial charge in [-0.3, -0.25) is 4.79 Å². The van der Waals surface area contributed by atoms with Crippen LogP contribution < -0.4 is 10.1 Å². The molecule has 1 amide bonds. The van der Waals surface area contributed by atoms with Crippen LogP contribution in [0.15, 0.2) is 42.6 Å². The van der Waals surface area contributed by atoms with Crippen LogP contribution in [0.25, 0.3) is 0 Å². The fourth-order valence-corrected chi connectivity index (χ4v) is 1.97. The van der Waals surface area contributed by atoms with Crippen LogP contribution in [0.4, 0.5) is 0 Å². The van der Waals surface area contributed by atoms with Crippen molar-refractivity contribution in [3.05, 3.63) is 59.3 Å². The average molecular weight is 314 g/mol. The van der Waals surface area contributed by atoms with Gasteiger partial charge in [0.15, 0.2) is 0 Å². The Kier molecular flexibility index (Phi) is 5.68. The van der Waals surface area contributed by atoms with Gasteiger partial charge in [0.25, 0.3) is 5.91 Å². The van der Waals surface area contributed by atoms with E-state index >= 15 is 0 Å². The molecule has 1 N–H and O–H groups in total. The van der Waals surface area contributed by atoms with Crippen LogP contribution in [0.5, 0.6) is 5.88 Å². The summed E-state index contributed by atoms with van der Waals surface area (Å²) in [5, 5.41) is 2.80. The second kappa shape index (κ2) is 7.93. The standard InChI is InChI=1S/C17H18N2O4/c1-3-23-16-14(5-4-10-18-16)15(20)19-11-12-6-8-13(9-7-12)17(21)22-2/h4-10H,3,11H2,1-2H3,(H,19,20). The highest BCUT2D eigenvalue weighted by molar-refractivity contribution is 5.96. The third-order valence-corrected chi connectivity index (χ3v) is 3.12. The molecule has 6 heteroatoms. The van der Waals surface area contributed by atoms with Crippen molar-refractivity contribution in [1.82, 2.24) is 10.3 Å². The van der Waals surface area contributed by atoms with Crippen LogP contribution in [0.2, 0.25) is 0 Å². The summed E-state index contributed by atoms with van der Waals surface area (Å²) in [7, 11) is 1.33. The molecule has 1 aromatic carbocycles. The summed E-state index contributed by atoms with van der Waals surface area (Å²) in [6.07, 6.45) is 1.58. The molecule has 2 aromatic rings. The van der Waals surface area contributed by atoms with Crippen LogP contribution >= 0.6 is 0 Å². The second-order valence-electron chi connectivity index (χ2n) is 4.66. The molecule has 0 saturated carbocycles. The molecule has 0 aliphatic rings. The molecular formula is C17H18N2O4. The Morgan fingerprint density at radius 2 is 1.91 bits per heavy atom. The number of rotatable bonds is 6. The normalized spacial score (nSPS) is 10.0. The zero-order valence-electron chi connectivity index (χ0n) is 13.0. The van der Waals surface area contributed by atoms with E-state index in [1.807, 2.05) is 6.92 Å². The Bertz CT molecular complexity index is 683. The van der Waals surface area contributed by atoms with Gasteiger partial charge < -0.3 is 14.8 Å². The number of nitrogens with one attached hydrogen (secondary N) is 1. The van der Waals surface area contributed by atoms with E-state index in [4.69, 9.17) is 4.74 Å². The maximum Gasteiger partial charge on any atom is 0.337 e. The topological polar surface area (TPSA) is 77.5 Å². The van der Waals surface area contributed by atoms with Crippen LogP contribution in [0, 0.1) is 0 Å². The number of nitrogens with zero attached hydrogens (tertiary/aromatic N) is 1. The first-order chi connectivity index (χ1) is 11.2. The number of carbonyl (C=O) groups excluding carboxylic acids is 2. The summed E-state index contributed by atoms with van der Waals surface area (Å²) in [5.41, 5.74) is 1.72. The van der Waals surface area contributed by atoms with Gasteiger partial charge in [0, 0.05) is 12.7 Å². The average Bonchev–Trinajstić information content (AvgIpc) is 2.60. The number of methoxy groups -OCH3 is 1. The van der Waals surface area contributed by atoms with E-state index in [0.717, 1.165) is 5.56 Å². The first-order valence-electron chi connectivity index (χ1n) is 7.19. The molecule has 6 nitrogen and oxygen atoms in total. The number of ether oxygens (including phenoxy) is 2. The molecule has 2 rings (SSSR count). The van der Waals surface area contributed by atoms with Crippen molar-refractivity contribution in [2.45, 2.75) is 13.5 Å². The molecule has 1 aromatic heterocycles. The van der Waals surface area contributed by atoms with E-state index in [-0.39, 0.29) is 5.91 Å². The van der Waals surface area contributed by atoms with Crippen molar-refractivity contribution in [3.8, 4) is 5.88 Å². The lowest BCUT2D eigenvalue weighted by Gasteiger charge is -2.09. The highest BCUT2D eigenvalue weighted by Crippen LogP contribution is 2.14. The number of aromatic nitrogens is 1. The molecular weight excluding hydrogens is 296 g/mol. The molecule has 0 unspecified atom stereocenters. The summed E-state index contributed by atoms with van der Waals surface area (Å²) in [6.45, 7) is 2.60. The van der Waals surface area contributed by atoms with Gasteiger partial charge in [-0.25, -0.2) is 9.78 Å². The second-order valence-corrected chi connectivity index (χ2v) is 4.66. The number of hydrogen-bond donors (Lipinski definition) is 1. The largest absolute Gasteiger partial charge is 0.477 e. The van der Waals surface area contributed by atoms with Crippen molar-refractivity contribution in [1.29, 1.82) is 0 Å². The lowest BCUT2D eigenvalue weighted by atomic mass is 10.1. The first kappa shape index (κ1) is 16.5. The van der Waals surface area contributed by atoms with Gasteiger partial charge in [0.05, 0.1) is 19.3 Å². The lowest BCUT2D eigenvalue weighted by molar-refractivity contribution is 0.0600. The number of pyridine rings is 1. The van der Waals surface area contributed by atoms with Crippen LogP contribution in [-0.2, 0) is 11.3 Å². The minimum Gasteiger partial charge on any atom is -0.477 e.